The van der Waals surface area contributed by atoms with E-state index in [0.717, 1.165) is 19.3 Å². The monoisotopic (exact) mass is 504 g/mol. The van der Waals surface area contributed by atoms with Crippen molar-refractivity contribution >= 4 is 16.6 Å². The molecule has 0 spiro atoms. The molecule has 2 N–H and O–H groups in total. The van der Waals surface area contributed by atoms with E-state index in [-0.39, 0.29) is 52.9 Å². The van der Waals surface area contributed by atoms with Crippen LogP contribution in [0.15, 0.2) is 0 Å². The minimum atomic E-state index is -2.01. The Labute approximate surface area is 207 Å². The summed E-state index contributed by atoms with van der Waals surface area (Å²) in [5.74, 6) is 0.332. The lowest BCUT2D eigenvalue weighted by Crippen LogP contribution is -2.49. The Morgan fingerprint density at radius 1 is 0.848 bits per heavy atom. The van der Waals surface area contributed by atoms with Gasteiger partial charge < -0.3 is 23.8 Å². The highest BCUT2D eigenvalue weighted by Crippen LogP contribution is 2.42. The van der Waals surface area contributed by atoms with E-state index in [2.05, 4.69) is 74.7 Å². The highest BCUT2D eigenvalue weighted by atomic mass is 28.4. The van der Waals surface area contributed by atoms with E-state index in [1.54, 1.807) is 0 Å². The van der Waals surface area contributed by atoms with E-state index in [4.69, 9.17) is 13.6 Å². The molecule has 1 rings (SSSR count). The lowest BCUT2D eigenvalue weighted by Gasteiger charge is -2.42. The third-order valence-electron chi connectivity index (χ3n) is 8.71. The second-order valence-electron chi connectivity index (χ2n) is 13.2. The van der Waals surface area contributed by atoms with Crippen LogP contribution in [-0.2, 0) is 13.6 Å². The van der Waals surface area contributed by atoms with Crippen molar-refractivity contribution in [2.45, 2.75) is 142 Å². The van der Waals surface area contributed by atoms with Crippen LogP contribution in [0.4, 0.5) is 0 Å². The molecule has 0 saturated carbocycles. The average Bonchev–Trinajstić information content (AvgIpc) is 2.99. The topological polar surface area (TPSA) is 68.2 Å². The molecule has 1 fully saturated rings. The Morgan fingerprint density at radius 3 is 1.79 bits per heavy atom. The van der Waals surface area contributed by atoms with Gasteiger partial charge in [-0.1, -0.05) is 61.8 Å². The van der Waals surface area contributed by atoms with E-state index < -0.39 is 16.6 Å². The van der Waals surface area contributed by atoms with Crippen molar-refractivity contribution in [3.05, 3.63) is 0 Å². The summed E-state index contributed by atoms with van der Waals surface area (Å²) in [7, 11) is -3.93. The molecule has 6 atom stereocenters. The number of rotatable bonds is 12. The van der Waals surface area contributed by atoms with Crippen LogP contribution < -0.4 is 0 Å². The predicted molar refractivity (Wildman–Crippen MR) is 144 cm³/mol. The summed E-state index contributed by atoms with van der Waals surface area (Å²) in [6.45, 7) is 27.6. The van der Waals surface area contributed by atoms with Gasteiger partial charge in [-0.3, -0.25) is 0 Å². The largest absolute Gasteiger partial charge is 0.414 e. The molecule has 7 heteroatoms. The molecular formula is C26H56O5Si2. The number of hydrogen-bond donors (Lipinski definition) is 2. The molecule has 0 radical (unpaired) electrons. The van der Waals surface area contributed by atoms with Gasteiger partial charge in [0.25, 0.3) is 0 Å². The third-order valence-corrected chi connectivity index (χ3v) is 17.7. The van der Waals surface area contributed by atoms with Gasteiger partial charge in [-0.05, 0) is 55.0 Å². The standard InChI is InChI=1S/C26H56O5Si2/c1-13-19(28)15-23-21(14-2)22(17-27)24(30-23)16-20(31-33(11,12)26(6,7)8)18-29-32(9,10)25(3,4)5/h19-24,27-28H,13-18H2,1-12H3/t19?,20-,21+,22+,23-,24+/m0/s1. The van der Waals surface area contributed by atoms with E-state index in [1.165, 1.54) is 0 Å². The molecule has 1 saturated heterocycles. The molecule has 1 heterocycles. The van der Waals surface area contributed by atoms with Crippen molar-refractivity contribution in [1.82, 2.24) is 0 Å². The molecule has 1 aliphatic rings. The van der Waals surface area contributed by atoms with Gasteiger partial charge in [0.2, 0.25) is 0 Å². The SMILES string of the molecule is CCC(O)C[C@@H]1O[C@H](C[C@@H](CO[Si](C)(C)C(C)(C)C)O[Si](C)(C)C(C)(C)C)[C@H](CO)[C@H]1CC. The summed E-state index contributed by atoms with van der Waals surface area (Å²) in [4.78, 5) is 0. The van der Waals surface area contributed by atoms with Gasteiger partial charge >= 0.3 is 0 Å². The summed E-state index contributed by atoms with van der Waals surface area (Å²) < 4.78 is 20.1. The van der Waals surface area contributed by atoms with Gasteiger partial charge in [0, 0.05) is 18.9 Å². The fourth-order valence-corrected chi connectivity index (χ4v) is 6.60. The zero-order valence-corrected chi connectivity index (χ0v) is 25.8. The molecular weight excluding hydrogens is 448 g/mol. The van der Waals surface area contributed by atoms with Gasteiger partial charge in [0.1, 0.15) is 0 Å². The minimum Gasteiger partial charge on any atom is -0.414 e. The maximum atomic E-state index is 10.3. The van der Waals surface area contributed by atoms with Crippen molar-refractivity contribution < 1.29 is 23.8 Å². The first-order valence-corrected chi connectivity index (χ1v) is 19.0. The molecule has 0 aromatic carbocycles. The molecule has 198 valence electrons. The van der Waals surface area contributed by atoms with Crippen LogP contribution in [0, 0.1) is 11.8 Å². The molecule has 0 aromatic rings. The van der Waals surface area contributed by atoms with Gasteiger partial charge in [0.15, 0.2) is 16.6 Å². The van der Waals surface area contributed by atoms with E-state index in [0.29, 0.717) is 13.0 Å². The Kier molecular flexibility index (Phi) is 11.3. The van der Waals surface area contributed by atoms with E-state index in [9.17, 15) is 10.2 Å². The van der Waals surface area contributed by atoms with Crippen molar-refractivity contribution in [3.63, 3.8) is 0 Å². The Balaban J connectivity index is 3.11. The van der Waals surface area contributed by atoms with Crippen LogP contribution in [0.1, 0.15) is 81.1 Å². The number of aliphatic hydroxyl groups excluding tert-OH is 2. The molecule has 0 amide bonds. The van der Waals surface area contributed by atoms with E-state index >= 15 is 0 Å². The fourth-order valence-electron chi connectivity index (χ4n) is 4.21. The molecule has 1 unspecified atom stereocenters. The Morgan fingerprint density at radius 2 is 1.36 bits per heavy atom. The second-order valence-corrected chi connectivity index (χ2v) is 22.8. The van der Waals surface area contributed by atoms with Crippen LogP contribution in [-0.4, -0.2) is 64.5 Å². The average molecular weight is 505 g/mol. The summed E-state index contributed by atoms with van der Waals surface area (Å²) in [5, 5.41) is 20.8. The van der Waals surface area contributed by atoms with Crippen LogP contribution in [0.3, 0.4) is 0 Å². The van der Waals surface area contributed by atoms with Crippen molar-refractivity contribution in [2.24, 2.45) is 11.8 Å². The normalized spacial score (nSPS) is 27.1. The first-order valence-electron chi connectivity index (χ1n) is 13.2. The zero-order chi connectivity index (χ0) is 25.8. The maximum absolute atomic E-state index is 10.3. The number of ether oxygens (including phenoxy) is 1. The van der Waals surface area contributed by atoms with Crippen molar-refractivity contribution in [2.75, 3.05) is 13.2 Å². The Bertz CT molecular complexity index is 582. The summed E-state index contributed by atoms with van der Waals surface area (Å²) in [5.41, 5.74) is 0. The van der Waals surface area contributed by atoms with Gasteiger partial charge in [-0.2, -0.15) is 0 Å². The van der Waals surface area contributed by atoms with Crippen LogP contribution >= 0.6 is 0 Å². The fraction of sp³-hybridized carbons (Fsp3) is 1.00. The third kappa shape index (κ3) is 8.40. The van der Waals surface area contributed by atoms with Crippen LogP contribution in [0.25, 0.3) is 0 Å². The number of hydrogen-bond acceptors (Lipinski definition) is 5. The molecule has 0 aliphatic carbocycles. The maximum Gasteiger partial charge on any atom is 0.192 e. The van der Waals surface area contributed by atoms with Gasteiger partial charge in [-0.25, -0.2) is 0 Å². The van der Waals surface area contributed by atoms with Crippen LogP contribution in [0.2, 0.25) is 36.3 Å². The molecule has 0 aromatic heterocycles. The smallest absolute Gasteiger partial charge is 0.192 e. The zero-order valence-electron chi connectivity index (χ0n) is 23.8. The lowest BCUT2D eigenvalue weighted by atomic mass is 9.82. The number of aliphatic hydroxyl groups is 2. The molecule has 1 aliphatic heterocycles. The molecule has 5 nitrogen and oxygen atoms in total. The second kappa shape index (κ2) is 12.0. The predicted octanol–water partition coefficient (Wildman–Crippen LogP) is 6.35. The summed E-state index contributed by atoms with van der Waals surface area (Å²) in [6, 6.07) is 0. The molecule has 0 bridgehead atoms. The lowest BCUT2D eigenvalue weighted by molar-refractivity contribution is -0.0292. The van der Waals surface area contributed by atoms with Crippen molar-refractivity contribution in [3.8, 4) is 0 Å². The quantitative estimate of drug-likeness (QED) is 0.303. The minimum absolute atomic E-state index is 0.0121. The van der Waals surface area contributed by atoms with Gasteiger partial charge in [-0.15, -0.1) is 0 Å². The first-order chi connectivity index (χ1) is 14.9. The summed E-state index contributed by atoms with van der Waals surface area (Å²) >= 11 is 0. The summed E-state index contributed by atoms with van der Waals surface area (Å²) in [6.07, 6.45) is 2.51. The highest BCUT2D eigenvalue weighted by molar-refractivity contribution is 6.74. The highest BCUT2D eigenvalue weighted by Gasteiger charge is 2.46. The van der Waals surface area contributed by atoms with Crippen molar-refractivity contribution in [1.29, 1.82) is 0 Å². The van der Waals surface area contributed by atoms with E-state index in [1.807, 2.05) is 6.92 Å². The molecule has 33 heavy (non-hydrogen) atoms. The van der Waals surface area contributed by atoms with Crippen LogP contribution in [0.5, 0.6) is 0 Å². The first kappa shape index (κ1) is 31.3. The van der Waals surface area contributed by atoms with Gasteiger partial charge in [0.05, 0.1) is 31.0 Å². The Hall–Kier alpha value is 0.234.